The largest absolute Gasteiger partial charge is 0.504 e. The van der Waals surface area contributed by atoms with Gasteiger partial charge in [-0.25, -0.2) is 8.42 Å². The van der Waals surface area contributed by atoms with Gasteiger partial charge in [-0.1, -0.05) is 38.0 Å². The van der Waals surface area contributed by atoms with Crippen LogP contribution in [0.1, 0.15) is 62.1 Å². The van der Waals surface area contributed by atoms with Crippen LogP contribution in [0.2, 0.25) is 0 Å². The molecule has 0 radical (unpaired) electrons. The van der Waals surface area contributed by atoms with Gasteiger partial charge in [-0.2, -0.15) is 0 Å². The van der Waals surface area contributed by atoms with E-state index in [-0.39, 0.29) is 36.3 Å². The molecule has 10 heteroatoms. The molecule has 1 unspecified atom stereocenters. The highest BCUT2D eigenvalue weighted by Crippen LogP contribution is 2.36. The molecule has 0 aromatic heterocycles. The summed E-state index contributed by atoms with van der Waals surface area (Å²) in [5.41, 5.74) is 3.89. The summed E-state index contributed by atoms with van der Waals surface area (Å²) < 4.78 is 25.0. The molecule has 2 aromatic carbocycles. The molecule has 3 rings (SSSR count). The zero-order valence-corrected chi connectivity index (χ0v) is 25.1. The SMILES string of the molecule is CCCN(CCCCCCNCCc1ccc(NS(C)(=O)=O)cc1)C1CCc2c(ccc(O)c2O)C1.Cl.Cl. The molecular weight excluding hydrogens is 545 g/mol. The summed E-state index contributed by atoms with van der Waals surface area (Å²) in [5, 5.41) is 23.5. The van der Waals surface area contributed by atoms with Gasteiger partial charge < -0.3 is 20.4 Å². The molecule has 0 bridgehead atoms. The molecule has 0 saturated carbocycles. The van der Waals surface area contributed by atoms with Gasteiger partial charge >= 0.3 is 0 Å². The minimum absolute atomic E-state index is 0. The third kappa shape index (κ3) is 11.2. The van der Waals surface area contributed by atoms with Crippen LogP contribution < -0.4 is 10.0 Å². The van der Waals surface area contributed by atoms with Gasteiger partial charge in [0.2, 0.25) is 10.0 Å². The van der Waals surface area contributed by atoms with Crippen molar-refractivity contribution in [3.8, 4) is 11.5 Å². The summed E-state index contributed by atoms with van der Waals surface area (Å²) in [5.74, 6) is 0.0617. The number of rotatable bonds is 15. The normalized spacial score (nSPS) is 14.9. The fraction of sp³-hybridized carbons (Fsp3) is 0.571. The number of anilines is 1. The Hall–Kier alpha value is -1.71. The van der Waals surface area contributed by atoms with Crippen molar-refractivity contribution in [1.29, 1.82) is 0 Å². The maximum absolute atomic E-state index is 11.3. The molecule has 7 nitrogen and oxygen atoms in total. The van der Waals surface area contributed by atoms with Gasteiger partial charge in [0.15, 0.2) is 11.5 Å². The Bertz CT molecular complexity index is 1070. The first-order chi connectivity index (χ1) is 17.3. The maximum Gasteiger partial charge on any atom is 0.229 e. The number of nitrogens with one attached hydrogen (secondary N) is 2. The minimum atomic E-state index is -3.23. The van der Waals surface area contributed by atoms with E-state index in [2.05, 4.69) is 21.9 Å². The van der Waals surface area contributed by atoms with Crippen molar-refractivity contribution in [3.05, 3.63) is 53.1 Å². The second kappa shape index (κ2) is 17.1. The van der Waals surface area contributed by atoms with Crippen LogP contribution in [0.4, 0.5) is 5.69 Å². The third-order valence-corrected chi connectivity index (χ3v) is 7.57. The van der Waals surface area contributed by atoms with Gasteiger partial charge in [-0.3, -0.25) is 4.72 Å². The monoisotopic (exact) mass is 589 g/mol. The van der Waals surface area contributed by atoms with Crippen LogP contribution in [0.25, 0.3) is 0 Å². The Labute approximate surface area is 241 Å². The quantitative estimate of drug-likeness (QED) is 0.167. The van der Waals surface area contributed by atoms with Crippen molar-refractivity contribution in [2.45, 2.75) is 70.8 Å². The van der Waals surface area contributed by atoms with Crippen LogP contribution >= 0.6 is 24.8 Å². The standard InChI is InChI=1S/C28H43N3O4S.2ClH/c1-3-19-31(25-13-14-26-23(21-25)10-15-27(32)28(26)33)20-7-5-4-6-17-29-18-16-22-8-11-24(12-9-22)30-36(2,34)35;;/h8-12,15,25,29-30,32-33H,3-7,13-14,16-21H2,1-2H3;2*1H. The molecule has 0 amide bonds. The predicted octanol–water partition coefficient (Wildman–Crippen LogP) is 5.27. The zero-order chi connectivity index (χ0) is 26.0. The number of hydrogen-bond acceptors (Lipinski definition) is 6. The number of aromatic hydroxyl groups is 2. The number of sulfonamides is 1. The number of fused-ring (bicyclic) bond motifs is 1. The summed E-state index contributed by atoms with van der Waals surface area (Å²) in [6, 6.07) is 11.6. The van der Waals surface area contributed by atoms with Crippen molar-refractivity contribution in [3.63, 3.8) is 0 Å². The molecule has 1 aliphatic carbocycles. The van der Waals surface area contributed by atoms with E-state index < -0.39 is 10.0 Å². The first-order valence-electron chi connectivity index (χ1n) is 13.3. The topological polar surface area (TPSA) is 102 Å². The lowest BCUT2D eigenvalue weighted by Crippen LogP contribution is -2.40. The van der Waals surface area contributed by atoms with Crippen LogP contribution in [-0.4, -0.2) is 62.0 Å². The molecule has 38 heavy (non-hydrogen) atoms. The lowest BCUT2D eigenvalue weighted by molar-refractivity contribution is 0.175. The van der Waals surface area contributed by atoms with E-state index in [4.69, 9.17) is 0 Å². The van der Waals surface area contributed by atoms with Gasteiger partial charge in [-0.15, -0.1) is 24.8 Å². The molecule has 2 aromatic rings. The molecule has 216 valence electrons. The molecule has 0 heterocycles. The molecule has 0 saturated heterocycles. The van der Waals surface area contributed by atoms with E-state index in [0.717, 1.165) is 70.1 Å². The minimum Gasteiger partial charge on any atom is -0.504 e. The number of phenolic OH excluding ortho intramolecular Hbond substituents is 2. The van der Waals surface area contributed by atoms with Crippen LogP contribution in [-0.2, 0) is 29.3 Å². The Morgan fingerprint density at radius 2 is 1.66 bits per heavy atom. The van der Waals surface area contributed by atoms with Crippen LogP contribution in [0.5, 0.6) is 11.5 Å². The average molecular weight is 591 g/mol. The lowest BCUT2D eigenvalue weighted by Gasteiger charge is -2.35. The molecule has 0 spiro atoms. The number of nitrogens with zero attached hydrogens (tertiary/aromatic N) is 1. The van der Waals surface area contributed by atoms with Crippen LogP contribution in [0, 0.1) is 0 Å². The average Bonchev–Trinajstić information content (AvgIpc) is 2.84. The highest BCUT2D eigenvalue weighted by molar-refractivity contribution is 7.92. The van der Waals surface area contributed by atoms with E-state index in [9.17, 15) is 18.6 Å². The highest BCUT2D eigenvalue weighted by atomic mass is 35.5. The Balaban J connectivity index is 0.00000361. The fourth-order valence-corrected chi connectivity index (χ4v) is 5.67. The van der Waals surface area contributed by atoms with Gasteiger partial charge in [0.25, 0.3) is 0 Å². The van der Waals surface area contributed by atoms with E-state index in [1.54, 1.807) is 18.2 Å². The maximum atomic E-state index is 11.3. The number of hydrogen-bond donors (Lipinski definition) is 4. The fourth-order valence-electron chi connectivity index (χ4n) is 5.11. The number of unbranched alkanes of at least 4 members (excludes halogenated alkanes) is 3. The molecule has 1 aliphatic rings. The van der Waals surface area contributed by atoms with Crippen molar-refractivity contribution in [2.75, 3.05) is 37.2 Å². The molecule has 0 fully saturated rings. The lowest BCUT2D eigenvalue weighted by atomic mass is 9.86. The smallest absolute Gasteiger partial charge is 0.229 e. The first-order valence-corrected chi connectivity index (χ1v) is 15.2. The van der Waals surface area contributed by atoms with Crippen LogP contribution in [0.3, 0.4) is 0 Å². The summed E-state index contributed by atoms with van der Waals surface area (Å²) in [6.45, 7) is 6.40. The number of phenols is 2. The van der Waals surface area contributed by atoms with Gasteiger partial charge in [-0.05, 0) is 100 Å². The van der Waals surface area contributed by atoms with E-state index in [0.29, 0.717) is 11.7 Å². The Morgan fingerprint density at radius 1 is 0.947 bits per heavy atom. The molecule has 1 atom stereocenters. The molecule has 0 aliphatic heterocycles. The summed E-state index contributed by atoms with van der Waals surface area (Å²) >= 11 is 0. The predicted molar refractivity (Wildman–Crippen MR) is 162 cm³/mol. The Morgan fingerprint density at radius 3 is 2.34 bits per heavy atom. The van der Waals surface area contributed by atoms with Crippen molar-refractivity contribution < 1.29 is 18.6 Å². The van der Waals surface area contributed by atoms with E-state index in [1.807, 2.05) is 18.2 Å². The van der Waals surface area contributed by atoms with Crippen molar-refractivity contribution in [2.24, 2.45) is 0 Å². The number of halogens is 2. The molecule has 4 N–H and O–H groups in total. The summed E-state index contributed by atoms with van der Waals surface area (Å²) in [7, 11) is -3.23. The highest BCUT2D eigenvalue weighted by Gasteiger charge is 2.26. The van der Waals surface area contributed by atoms with E-state index in [1.165, 1.54) is 36.8 Å². The van der Waals surface area contributed by atoms with E-state index >= 15 is 0 Å². The van der Waals surface area contributed by atoms with Gasteiger partial charge in [0, 0.05) is 17.3 Å². The molecular formula is C28H45Cl2N3O4S. The summed E-state index contributed by atoms with van der Waals surface area (Å²) in [6.07, 6.45) is 10.9. The van der Waals surface area contributed by atoms with Crippen LogP contribution in [0.15, 0.2) is 36.4 Å². The number of benzene rings is 2. The second-order valence-corrected chi connectivity index (χ2v) is 11.7. The van der Waals surface area contributed by atoms with Crippen molar-refractivity contribution >= 4 is 40.5 Å². The summed E-state index contributed by atoms with van der Waals surface area (Å²) in [4.78, 5) is 2.63. The first kappa shape index (κ1) is 34.3. The van der Waals surface area contributed by atoms with Gasteiger partial charge in [0.1, 0.15) is 0 Å². The second-order valence-electron chi connectivity index (χ2n) is 9.99. The third-order valence-electron chi connectivity index (χ3n) is 6.97. The van der Waals surface area contributed by atoms with Crippen molar-refractivity contribution in [1.82, 2.24) is 10.2 Å². The van der Waals surface area contributed by atoms with Gasteiger partial charge in [0.05, 0.1) is 6.26 Å². The Kier molecular flexibility index (Phi) is 15.4. The zero-order valence-electron chi connectivity index (χ0n) is 22.6.